The van der Waals surface area contributed by atoms with Crippen LogP contribution in [-0.4, -0.2) is 9.55 Å². The van der Waals surface area contributed by atoms with Crippen LogP contribution in [-0.2, 0) is 7.05 Å². The number of nitrogens with zero attached hydrogens (tertiary/aromatic N) is 2. The van der Waals surface area contributed by atoms with Gasteiger partial charge >= 0.3 is 0 Å². The number of halogens is 1. The SMILES string of the molecule is Cc1ccc(-c2c(Br)nc(N)n2C)cc1. The maximum absolute atomic E-state index is 5.73. The lowest BCUT2D eigenvalue weighted by Crippen LogP contribution is -1.98. The van der Waals surface area contributed by atoms with Crippen molar-refractivity contribution in [1.29, 1.82) is 0 Å². The molecule has 2 N–H and O–H groups in total. The molecule has 0 bridgehead atoms. The van der Waals surface area contributed by atoms with Crippen molar-refractivity contribution >= 4 is 21.9 Å². The lowest BCUT2D eigenvalue weighted by molar-refractivity contribution is 0.938. The van der Waals surface area contributed by atoms with Gasteiger partial charge < -0.3 is 10.3 Å². The highest BCUT2D eigenvalue weighted by Crippen LogP contribution is 2.29. The second-order valence-electron chi connectivity index (χ2n) is 3.53. The van der Waals surface area contributed by atoms with Gasteiger partial charge in [0, 0.05) is 12.6 Å². The zero-order valence-corrected chi connectivity index (χ0v) is 10.2. The number of nitrogen functional groups attached to an aromatic ring is 1. The molecule has 0 radical (unpaired) electrons. The monoisotopic (exact) mass is 265 g/mol. The van der Waals surface area contributed by atoms with Crippen molar-refractivity contribution in [3.05, 3.63) is 34.4 Å². The molecule has 0 saturated heterocycles. The largest absolute Gasteiger partial charge is 0.369 e. The number of hydrogen-bond donors (Lipinski definition) is 1. The van der Waals surface area contributed by atoms with E-state index in [1.54, 1.807) is 0 Å². The van der Waals surface area contributed by atoms with Gasteiger partial charge in [-0.25, -0.2) is 4.98 Å². The molecule has 0 unspecified atom stereocenters. The molecule has 0 fully saturated rings. The van der Waals surface area contributed by atoms with Crippen LogP contribution in [0.5, 0.6) is 0 Å². The van der Waals surface area contributed by atoms with Crippen molar-refractivity contribution in [1.82, 2.24) is 9.55 Å². The number of aryl methyl sites for hydroxylation is 1. The minimum absolute atomic E-state index is 0.512. The molecule has 0 amide bonds. The van der Waals surface area contributed by atoms with Gasteiger partial charge in [0.25, 0.3) is 0 Å². The smallest absolute Gasteiger partial charge is 0.201 e. The quantitative estimate of drug-likeness (QED) is 0.862. The summed E-state index contributed by atoms with van der Waals surface area (Å²) in [6, 6.07) is 8.28. The van der Waals surface area contributed by atoms with E-state index in [4.69, 9.17) is 5.73 Å². The van der Waals surface area contributed by atoms with Crippen molar-refractivity contribution in [2.45, 2.75) is 6.92 Å². The Kier molecular flexibility index (Phi) is 2.52. The Bertz CT molecular complexity index is 485. The summed E-state index contributed by atoms with van der Waals surface area (Å²) in [5, 5.41) is 0. The van der Waals surface area contributed by atoms with Gasteiger partial charge in [0.05, 0.1) is 5.69 Å². The highest BCUT2D eigenvalue weighted by molar-refractivity contribution is 9.10. The number of rotatable bonds is 1. The number of aromatic nitrogens is 2. The van der Waals surface area contributed by atoms with Crippen molar-refractivity contribution in [3.63, 3.8) is 0 Å². The lowest BCUT2D eigenvalue weighted by atomic mass is 10.1. The van der Waals surface area contributed by atoms with E-state index in [2.05, 4.69) is 52.1 Å². The van der Waals surface area contributed by atoms with E-state index in [0.29, 0.717) is 5.95 Å². The van der Waals surface area contributed by atoms with Gasteiger partial charge in [-0.15, -0.1) is 0 Å². The molecule has 0 atom stereocenters. The fourth-order valence-electron chi connectivity index (χ4n) is 1.51. The third-order valence-electron chi connectivity index (χ3n) is 2.41. The van der Waals surface area contributed by atoms with Crippen molar-refractivity contribution in [2.75, 3.05) is 5.73 Å². The highest BCUT2D eigenvalue weighted by atomic mass is 79.9. The minimum Gasteiger partial charge on any atom is -0.369 e. The molecule has 2 rings (SSSR count). The van der Waals surface area contributed by atoms with E-state index < -0.39 is 0 Å². The zero-order chi connectivity index (χ0) is 11.0. The van der Waals surface area contributed by atoms with Crippen LogP contribution in [0.3, 0.4) is 0 Å². The maximum atomic E-state index is 5.73. The normalized spacial score (nSPS) is 10.6. The van der Waals surface area contributed by atoms with Crippen LogP contribution in [0.2, 0.25) is 0 Å². The lowest BCUT2D eigenvalue weighted by Gasteiger charge is -2.04. The molecule has 0 spiro atoms. The Morgan fingerprint density at radius 3 is 2.33 bits per heavy atom. The Morgan fingerprint density at radius 1 is 1.27 bits per heavy atom. The van der Waals surface area contributed by atoms with Crippen LogP contribution < -0.4 is 5.73 Å². The van der Waals surface area contributed by atoms with Gasteiger partial charge in [-0.1, -0.05) is 29.8 Å². The summed E-state index contributed by atoms with van der Waals surface area (Å²) in [5.74, 6) is 0.512. The molecule has 1 heterocycles. The summed E-state index contributed by atoms with van der Waals surface area (Å²) < 4.78 is 2.65. The van der Waals surface area contributed by atoms with Crippen LogP contribution >= 0.6 is 15.9 Å². The average Bonchev–Trinajstić information content (AvgIpc) is 2.44. The second-order valence-corrected chi connectivity index (χ2v) is 4.29. The average molecular weight is 266 g/mol. The summed E-state index contributed by atoms with van der Waals surface area (Å²) in [6.07, 6.45) is 0. The molecule has 0 aliphatic heterocycles. The van der Waals surface area contributed by atoms with E-state index >= 15 is 0 Å². The number of anilines is 1. The predicted molar refractivity (Wildman–Crippen MR) is 65.5 cm³/mol. The molecular weight excluding hydrogens is 254 g/mol. The van der Waals surface area contributed by atoms with Crippen LogP contribution in [0.25, 0.3) is 11.3 Å². The fourth-order valence-corrected chi connectivity index (χ4v) is 2.18. The van der Waals surface area contributed by atoms with Crippen molar-refractivity contribution < 1.29 is 0 Å². The van der Waals surface area contributed by atoms with Crippen LogP contribution in [0.1, 0.15) is 5.56 Å². The number of nitrogens with two attached hydrogens (primary N) is 1. The first kappa shape index (κ1) is 10.2. The van der Waals surface area contributed by atoms with Crippen LogP contribution in [0, 0.1) is 6.92 Å². The van der Waals surface area contributed by atoms with E-state index in [1.165, 1.54) is 5.56 Å². The highest BCUT2D eigenvalue weighted by Gasteiger charge is 2.11. The van der Waals surface area contributed by atoms with E-state index in [0.717, 1.165) is 15.9 Å². The third-order valence-corrected chi connectivity index (χ3v) is 2.97. The van der Waals surface area contributed by atoms with Gasteiger partial charge in [-0.3, -0.25) is 0 Å². The molecule has 0 aliphatic rings. The molecule has 4 heteroatoms. The number of imidazole rings is 1. The van der Waals surface area contributed by atoms with E-state index in [-0.39, 0.29) is 0 Å². The number of benzene rings is 1. The minimum atomic E-state index is 0.512. The van der Waals surface area contributed by atoms with Crippen LogP contribution in [0.4, 0.5) is 5.95 Å². The van der Waals surface area contributed by atoms with E-state index in [1.807, 2.05) is 11.6 Å². The molecule has 78 valence electrons. The summed E-state index contributed by atoms with van der Waals surface area (Å²) in [6.45, 7) is 2.07. The summed E-state index contributed by atoms with van der Waals surface area (Å²) in [5.41, 5.74) is 9.09. The molecule has 15 heavy (non-hydrogen) atoms. The summed E-state index contributed by atoms with van der Waals surface area (Å²) >= 11 is 3.41. The van der Waals surface area contributed by atoms with Gasteiger partial charge in [-0.2, -0.15) is 0 Å². The topological polar surface area (TPSA) is 43.8 Å². The standard InChI is InChI=1S/C11H12BrN3/c1-7-3-5-8(6-4-7)9-10(12)14-11(13)15(9)2/h3-6H,1-2H3,(H2,13,14). The van der Waals surface area contributed by atoms with Gasteiger partial charge in [-0.05, 0) is 22.9 Å². The van der Waals surface area contributed by atoms with E-state index in [9.17, 15) is 0 Å². The Balaban J connectivity index is 2.58. The first-order valence-corrected chi connectivity index (χ1v) is 5.43. The predicted octanol–water partition coefficient (Wildman–Crippen LogP) is 2.74. The summed E-state index contributed by atoms with van der Waals surface area (Å²) in [4.78, 5) is 4.17. The fraction of sp³-hybridized carbons (Fsp3) is 0.182. The maximum Gasteiger partial charge on any atom is 0.201 e. The van der Waals surface area contributed by atoms with Gasteiger partial charge in [0.2, 0.25) is 5.95 Å². The molecule has 0 aliphatic carbocycles. The molecule has 2 aromatic rings. The first-order valence-electron chi connectivity index (χ1n) is 4.64. The summed E-state index contributed by atoms with van der Waals surface area (Å²) in [7, 11) is 1.91. The van der Waals surface area contributed by atoms with Gasteiger partial charge in [0.1, 0.15) is 4.60 Å². The number of hydrogen-bond acceptors (Lipinski definition) is 2. The van der Waals surface area contributed by atoms with Crippen molar-refractivity contribution in [3.8, 4) is 11.3 Å². The molecular formula is C11H12BrN3. The van der Waals surface area contributed by atoms with Crippen molar-refractivity contribution in [2.24, 2.45) is 7.05 Å². The van der Waals surface area contributed by atoms with Gasteiger partial charge in [0.15, 0.2) is 0 Å². The molecule has 3 nitrogen and oxygen atoms in total. The molecule has 1 aromatic heterocycles. The Hall–Kier alpha value is -1.29. The third kappa shape index (κ3) is 1.77. The Labute approximate surface area is 97.1 Å². The first-order chi connectivity index (χ1) is 7.09. The second kappa shape index (κ2) is 3.70. The molecule has 1 aromatic carbocycles. The van der Waals surface area contributed by atoms with Crippen LogP contribution in [0.15, 0.2) is 28.9 Å². The molecule has 0 saturated carbocycles. The zero-order valence-electron chi connectivity index (χ0n) is 8.66. The Morgan fingerprint density at radius 2 is 1.87 bits per heavy atom.